The molecule has 0 unspecified atom stereocenters. The number of hydrogen-bond donors (Lipinski definition) is 0. The molecule has 10 heteroatoms. The van der Waals surface area contributed by atoms with Gasteiger partial charge in [-0.25, -0.2) is 27.7 Å². The number of nitrogens with zero attached hydrogens (tertiary/aromatic N) is 6. The summed E-state index contributed by atoms with van der Waals surface area (Å²) in [6.07, 6.45) is 3.06. The smallest absolute Gasteiger partial charge is 0.226 e. The molecule has 1 aliphatic heterocycles. The fourth-order valence-corrected chi connectivity index (χ4v) is 3.62. The van der Waals surface area contributed by atoms with Gasteiger partial charge in [0.1, 0.15) is 17.8 Å². The molecule has 7 nitrogen and oxygen atoms in total. The maximum atomic E-state index is 14.6. The molecule has 0 fully saturated rings. The van der Waals surface area contributed by atoms with E-state index in [0.717, 1.165) is 6.07 Å². The predicted molar refractivity (Wildman–Crippen MR) is 97.5 cm³/mol. The average molecular weight is 398 g/mol. The monoisotopic (exact) mass is 398 g/mol. The lowest BCUT2D eigenvalue weighted by Gasteiger charge is -2.10. The summed E-state index contributed by atoms with van der Waals surface area (Å²) in [7, 11) is 0. The Hall–Kier alpha value is -3.69. The zero-order valence-electron chi connectivity index (χ0n) is 15.1. The second-order valence-electron chi connectivity index (χ2n) is 6.66. The Morgan fingerprint density at radius 2 is 1.97 bits per heavy atom. The molecule has 1 amide bonds. The number of rotatable bonds is 2. The minimum atomic E-state index is -1.31. The average Bonchev–Trinajstić information content (AvgIpc) is 3.37. The number of carbonyl (C=O) groups is 1. The molecule has 4 heterocycles. The molecular formula is C19H13F3N6O. The van der Waals surface area contributed by atoms with E-state index in [1.165, 1.54) is 22.7 Å². The maximum Gasteiger partial charge on any atom is 0.226 e. The standard InChI is InChI=1S/C19H13F3N6O/c1-10(29)26-4-5-27-18(11-2-3-15-23-9-24-28(15)8-11)17(25-19(26)27)13-6-12(20)7-14(21)16(13)22/h2-3,6-9H,4-5H2,1H3. The Labute approximate surface area is 162 Å². The van der Waals surface area contributed by atoms with Crippen LogP contribution in [0.25, 0.3) is 28.2 Å². The minimum Gasteiger partial charge on any atom is -0.307 e. The number of anilines is 1. The summed E-state index contributed by atoms with van der Waals surface area (Å²) in [5, 5.41) is 4.09. The van der Waals surface area contributed by atoms with E-state index in [9.17, 15) is 18.0 Å². The van der Waals surface area contributed by atoms with Crippen molar-refractivity contribution in [2.45, 2.75) is 13.5 Å². The molecule has 0 radical (unpaired) electrons. The van der Waals surface area contributed by atoms with Crippen molar-refractivity contribution in [1.29, 1.82) is 0 Å². The lowest BCUT2D eigenvalue weighted by Crippen LogP contribution is -2.26. The zero-order valence-corrected chi connectivity index (χ0v) is 15.1. The summed E-state index contributed by atoms with van der Waals surface area (Å²) in [6, 6.07) is 4.83. The maximum absolute atomic E-state index is 14.6. The second kappa shape index (κ2) is 6.16. The molecule has 0 aliphatic carbocycles. The second-order valence-corrected chi connectivity index (χ2v) is 6.66. The topological polar surface area (TPSA) is 68.3 Å². The van der Waals surface area contributed by atoms with Gasteiger partial charge < -0.3 is 4.57 Å². The van der Waals surface area contributed by atoms with Crippen molar-refractivity contribution in [3.05, 3.63) is 54.2 Å². The van der Waals surface area contributed by atoms with Crippen LogP contribution in [-0.4, -0.2) is 36.6 Å². The van der Waals surface area contributed by atoms with E-state index in [4.69, 9.17) is 0 Å². The van der Waals surface area contributed by atoms with Crippen molar-refractivity contribution in [1.82, 2.24) is 24.1 Å². The fraction of sp³-hybridized carbons (Fsp3) is 0.158. The summed E-state index contributed by atoms with van der Waals surface area (Å²) in [4.78, 5) is 21.9. The van der Waals surface area contributed by atoms with Gasteiger partial charge in [-0.05, 0) is 18.2 Å². The largest absolute Gasteiger partial charge is 0.307 e. The summed E-state index contributed by atoms with van der Waals surface area (Å²) in [5.74, 6) is -3.38. The van der Waals surface area contributed by atoms with Crippen molar-refractivity contribution in [2.75, 3.05) is 11.4 Å². The van der Waals surface area contributed by atoms with Gasteiger partial charge >= 0.3 is 0 Å². The van der Waals surface area contributed by atoms with E-state index in [-0.39, 0.29) is 17.2 Å². The zero-order chi connectivity index (χ0) is 20.3. The van der Waals surface area contributed by atoms with E-state index in [1.54, 1.807) is 22.9 Å². The number of amides is 1. The molecule has 1 aliphatic rings. The van der Waals surface area contributed by atoms with Crippen molar-refractivity contribution in [2.24, 2.45) is 0 Å². The summed E-state index contributed by atoms with van der Waals surface area (Å²) < 4.78 is 45.6. The highest BCUT2D eigenvalue weighted by atomic mass is 19.2. The van der Waals surface area contributed by atoms with Gasteiger partial charge in [0.05, 0.1) is 5.69 Å². The van der Waals surface area contributed by atoms with E-state index in [1.807, 2.05) is 0 Å². The number of pyridine rings is 1. The fourth-order valence-electron chi connectivity index (χ4n) is 3.62. The molecule has 0 bridgehead atoms. The van der Waals surface area contributed by atoms with Gasteiger partial charge in [-0.1, -0.05) is 0 Å². The molecule has 5 rings (SSSR count). The number of fused-ring (bicyclic) bond motifs is 2. The van der Waals surface area contributed by atoms with E-state index < -0.39 is 17.5 Å². The first-order chi connectivity index (χ1) is 13.9. The highest BCUT2D eigenvalue weighted by Crippen LogP contribution is 2.39. The van der Waals surface area contributed by atoms with E-state index >= 15 is 0 Å². The Kier molecular flexibility index (Phi) is 3.70. The number of halogens is 3. The van der Waals surface area contributed by atoms with Crippen molar-refractivity contribution >= 4 is 17.5 Å². The minimum absolute atomic E-state index is 0.0429. The van der Waals surface area contributed by atoms with Crippen LogP contribution < -0.4 is 4.90 Å². The third-order valence-corrected chi connectivity index (χ3v) is 4.91. The van der Waals surface area contributed by atoms with Crippen LogP contribution in [0.15, 0.2) is 36.8 Å². The van der Waals surface area contributed by atoms with E-state index in [0.29, 0.717) is 42.0 Å². The van der Waals surface area contributed by atoms with Gasteiger partial charge in [0, 0.05) is 43.4 Å². The van der Waals surface area contributed by atoms with Crippen LogP contribution >= 0.6 is 0 Å². The van der Waals surface area contributed by atoms with Crippen LogP contribution in [0.2, 0.25) is 0 Å². The third-order valence-electron chi connectivity index (χ3n) is 4.91. The highest BCUT2D eigenvalue weighted by Gasteiger charge is 2.32. The van der Waals surface area contributed by atoms with Gasteiger partial charge in [0.25, 0.3) is 0 Å². The molecule has 0 saturated heterocycles. The van der Waals surface area contributed by atoms with Crippen LogP contribution in [0.3, 0.4) is 0 Å². The van der Waals surface area contributed by atoms with Gasteiger partial charge in [0.2, 0.25) is 11.9 Å². The van der Waals surface area contributed by atoms with Crippen LogP contribution in [-0.2, 0) is 11.3 Å². The molecule has 4 aromatic rings. The SMILES string of the molecule is CC(=O)N1CCn2c1nc(-c1cc(F)cc(F)c1F)c2-c1ccc2ncnn2c1. The molecule has 0 spiro atoms. The van der Waals surface area contributed by atoms with Gasteiger partial charge in [-0.15, -0.1) is 0 Å². The third kappa shape index (κ3) is 2.59. The molecule has 146 valence electrons. The highest BCUT2D eigenvalue weighted by molar-refractivity contribution is 5.93. The molecule has 29 heavy (non-hydrogen) atoms. The van der Waals surface area contributed by atoms with Crippen molar-refractivity contribution in [3.8, 4) is 22.5 Å². The number of carbonyl (C=O) groups excluding carboxylic acids is 1. The summed E-state index contributed by atoms with van der Waals surface area (Å²) in [5.41, 5.74) is 1.35. The van der Waals surface area contributed by atoms with Crippen LogP contribution in [0.1, 0.15) is 6.92 Å². The number of imidazole rings is 1. The molecule has 0 N–H and O–H groups in total. The quantitative estimate of drug-likeness (QED) is 0.487. The van der Waals surface area contributed by atoms with Crippen LogP contribution in [0.4, 0.5) is 19.1 Å². The van der Waals surface area contributed by atoms with Crippen molar-refractivity contribution < 1.29 is 18.0 Å². The molecule has 3 aromatic heterocycles. The number of aromatic nitrogens is 5. The van der Waals surface area contributed by atoms with Gasteiger partial charge in [0.15, 0.2) is 17.3 Å². The molecule has 0 atom stereocenters. The molecule has 0 saturated carbocycles. The Bertz CT molecular complexity index is 1290. The Balaban J connectivity index is 1.81. The summed E-state index contributed by atoms with van der Waals surface area (Å²) >= 11 is 0. The predicted octanol–water partition coefficient (Wildman–Crippen LogP) is 3.04. The van der Waals surface area contributed by atoms with E-state index in [2.05, 4.69) is 15.1 Å². The van der Waals surface area contributed by atoms with Gasteiger partial charge in [-0.2, -0.15) is 5.10 Å². The van der Waals surface area contributed by atoms with Crippen LogP contribution in [0.5, 0.6) is 0 Å². The Morgan fingerprint density at radius 3 is 2.76 bits per heavy atom. The number of benzene rings is 1. The first-order valence-corrected chi connectivity index (χ1v) is 8.77. The Morgan fingerprint density at radius 1 is 1.14 bits per heavy atom. The van der Waals surface area contributed by atoms with Crippen molar-refractivity contribution in [3.63, 3.8) is 0 Å². The lowest BCUT2D eigenvalue weighted by atomic mass is 10.0. The van der Waals surface area contributed by atoms with Crippen LogP contribution in [0, 0.1) is 17.5 Å². The number of hydrogen-bond acceptors (Lipinski definition) is 4. The van der Waals surface area contributed by atoms with Gasteiger partial charge in [-0.3, -0.25) is 9.69 Å². The first-order valence-electron chi connectivity index (χ1n) is 8.77. The molecular weight excluding hydrogens is 385 g/mol. The molecule has 1 aromatic carbocycles. The normalized spacial score (nSPS) is 13.3. The summed E-state index contributed by atoms with van der Waals surface area (Å²) in [6.45, 7) is 2.20. The first kappa shape index (κ1) is 17.4. The lowest BCUT2D eigenvalue weighted by molar-refractivity contribution is -0.116.